The van der Waals surface area contributed by atoms with Crippen molar-refractivity contribution in [2.75, 3.05) is 12.8 Å². The van der Waals surface area contributed by atoms with Gasteiger partial charge in [0, 0.05) is 6.61 Å². The van der Waals surface area contributed by atoms with Crippen LogP contribution in [0, 0.1) is 0 Å². The summed E-state index contributed by atoms with van der Waals surface area (Å²) in [6.07, 6.45) is 3.89. The van der Waals surface area contributed by atoms with Crippen LogP contribution in [0.1, 0.15) is 44.4 Å². The lowest BCUT2D eigenvalue weighted by atomic mass is 10.1. The second-order valence-corrected chi connectivity index (χ2v) is 7.26. The summed E-state index contributed by atoms with van der Waals surface area (Å²) in [6.45, 7) is 11.0. The molecule has 0 aliphatic rings. The van der Waals surface area contributed by atoms with Gasteiger partial charge in [-0.2, -0.15) is 0 Å². The Morgan fingerprint density at radius 3 is 2.37 bits per heavy atom. The van der Waals surface area contributed by atoms with Crippen molar-refractivity contribution in [1.82, 2.24) is 0 Å². The van der Waals surface area contributed by atoms with Crippen LogP contribution in [0.5, 0.6) is 0 Å². The molecule has 1 rings (SSSR count). The third-order valence-corrected chi connectivity index (χ3v) is 5.47. The van der Waals surface area contributed by atoms with Crippen molar-refractivity contribution in [3.63, 3.8) is 0 Å². The van der Waals surface area contributed by atoms with Crippen molar-refractivity contribution >= 4 is 15.1 Å². The molecule has 0 bridgehead atoms. The highest BCUT2D eigenvalue weighted by atomic mass is 28.3. The summed E-state index contributed by atoms with van der Waals surface area (Å²) in [4.78, 5) is 0. The summed E-state index contributed by atoms with van der Waals surface area (Å²) >= 11 is 0. The molecule has 0 N–H and O–H groups in total. The van der Waals surface area contributed by atoms with Gasteiger partial charge in [-0.1, -0.05) is 50.8 Å². The predicted octanol–water partition coefficient (Wildman–Crippen LogP) is 4.12. The standard InChI is InChI=1S/C16H26O2Si/c1-5-14-9-11-15(12-10-14)16(6-2)18-19(8-4)13-17-7-3/h5,9-12,16,19H,1,6-8,13H2,2-4H3. The monoisotopic (exact) mass is 278 g/mol. The summed E-state index contributed by atoms with van der Waals surface area (Å²) in [6, 6.07) is 9.60. The second-order valence-electron chi connectivity index (χ2n) is 4.59. The molecule has 1 aromatic carbocycles. The minimum atomic E-state index is -1.24. The molecule has 1 aromatic rings. The summed E-state index contributed by atoms with van der Waals surface area (Å²) < 4.78 is 11.8. The third kappa shape index (κ3) is 5.31. The zero-order valence-corrected chi connectivity index (χ0v) is 13.5. The van der Waals surface area contributed by atoms with E-state index in [9.17, 15) is 0 Å². The van der Waals surface area contributed by atoms with Crippen molar-refractivity contribution in [1.29, 1.82) is 0 Å². The van der Waals surface area contributed by atoms with Gasteiger partial charge in [-0.15, -0.1) is 0 Å². The van der Waals surface area contributed by atoms with E-state index in [1.54, 1.807) is 0 Å². The normalized spacial score (nSPS) is 14.1. The molecular formula is C16H26O2Si. The van der Waals surface area contributed by atoms with E-state index >= 15 is 0 Å². The molecule has 19 heavy (non-hydrogen) atoms. The highest BCUT2D eigenvalue weighted by molar-refractivity contribution is 6.51. The molecule has 2 unspecified atom stereocenters. The van der Waals surface area contributed by atoms with E-state index in [4.69, 9.17) is 9.16 Å². The molecule has 0 radical (unpaired) electrons. The Hall–Kier alpha value is -0.903. The molecule has 2 nitrogen and oxygen atoms in total. The van der Waals surface area contributed by atoms with E-state index in [-0.39, 0.29) is 6.10 Å². The predicted molar refractivity (Wildman–Crippen MR) is 84.8 cm³/mol. The van der Waals surface area contributed by atoms with Gasteiger partial charge >= 0.3 is 0 Å². The van der Waals surface area contributed by atoms with Crippen LogP contribution in [-0.2, 0) is 9.16 Å². The molecule has 0 heterocycles. The largest absolute Gasteiger partial charge is 0.411 e. The van der Waals surface area contributed by atoms with Gasteiger partial charge in [0.25, 0.3) is 0 Å². The number of hydrogen-bond donors (Lipinski definition) is 0. The first kappa shape index (κ1) is 16.2. The maximum Gasteiger partial charge on any atom is 0.202 e. The fraction of sp³-hybridized carbons (Fsp3) is 0.500. The van der Waals surface area contributed by atoms with E-state index in [1.165, 1.54) is 5.56 Å². The molecule has 0 amide bonds. The van der Waals surface area contributed by atoms with Gasteiger partial charge < -0.3 is 9.16 Å². The Balaban J connectivity index is 2.66. The highest BCUT2D eigenvalue weighted by Gasteiger charge is 2.17. The lowest BCUT2D eigenvalue weighted by Gasteiger charge is -2.23. The van der Waals surface area contributed by atoms with Gasteiger partial charge in [-0.25, -0.2) is 0 Å². The minimum Gasteiger partial charge on any atom is -0.411 e. The molecular weight excluding hydrogens is 252 g/mol. The van der Waals surface area contributed by atoms with Gasteiger partial charge in [-0.3, -0.25) is 0 Å². The molecule has 3 heteroatoms. The van der Waals surface area contributed by atoms with Crippen LogP contribution in [0.3, 0.4) is 0 Å². The SMILES string of the molecule is C=Cc1ccc(C(CC)O[SiH](CC)COCC)cc1. The van der Waals surface area contributed by atoms with E-state index in [0.717, 1.165) is 30.9 Å². The molecule has 106 valence electrons. The quantitative estimate of drug-likeness (QED) is 0.633. The van der Waals surface area contributed by atoms with E-state index in [2.05, 4.69) is 44.7 Å². The molecule has 0 aliphatic carbocycles. The van der Waals surface area contributed by atoms with E-state index in [1.807, 2.05) is 13.0 Å². The first-order chi connectivity index (χ1) is 9.24. The topological polar surface area (TPSA) is 18.5 Å². The van der Waals surface area contributed by atoms with Gasteiger partial charge in [-0.05, 0) is 30.5 Å². The number of rotatable bonds is 9. The zero-order valence-electron chi connectivity index (χ0n) is 12.4. The second kappa shape index (κ2) is 9.07. The number of hydrogen-bond acceptors (Lipinski definition) is 2. The van der Waals surface area contributed by atoms with Crippen molar-refractivity contribution < 1.29 is 9.16 Å². The summed E-state index contributed by atoms with van der Waals surface area (Å²) in [7, 11) is -1.24. The van der Waals surface area contributed by atoms with E-state index in [0.29, 0.717) is 0 Å². The maximum absolute atomic E-state index is 6.30. The molecule has 0 fully saturated rings. The van der Waals surface area contributed by atoms with Crippen LogP contribution in [0.15, 0.2) is 30.8 Å². The van der Waals surface area contributed by atoms with Crippen molar-refractivity contribution in [2.45, 2.75) is 39.3 Å². The van der Waals surface area contributed by atoms with Gasteiger partial charge in [0.15, 0.2) is 0 Å². The Bertz CT molecular complexity index is 362. The van der Waals surface area contributed by atoms with Crippen LogP contribution >= 0.6 is 0 Å². The van der Waals surface area contributed by atoms with Crippen LogP contribution < -0.4 is 0 Å². The first-order valence-electron chi connectivity index (χ1n) is 7.20. The molecule has 0 saturated carbocycles. The van der Waals surface area contributed by atoms with E-state index < -0.39 is 9.04 Å². The van der Waals surface area contributed by atoms with Gasteiger partial charge in [0.2, 0.25) is 9.04 Å². The molecule has 2 atom stereocenters. The lowest BCUT2D eigenvalue weighted by Crippen LogP contribution is -2.26. The zero-order chi connectivity index (χ0) is 14.1. The summed E-state index contributed by atoms with van der Waals surface area (Å²) in [5.74, 6) is 0. The summed E-state index contributed by atoms with van der Waals surface area (Å²) in [5.41, 5.74) is 2.41. The number of benzene rings is 1. The summed E-state index contributed by atoms with van der Waals surface area (Å²) in [5, 5.41) is 0. The highest BCUT2D eigenvalue weighted by Crippen LogP contribution is 2.23. The van der Waals surface area contributed by atoms with Crippen molar-refractivity contribution in [3.8, 4) is 0 Å². The smallest absolute Gasteiger partial charge is 0.202 e. The molecule has 0 aromatic heterocycles. The van der Waals surface area contributed by atoms with Crippen molar-refractivity contribution in [3.05, 3.63) is 42.0 Å². The fourth-order valence-electron chi connectivity index (χ4n) is 1.99. The minimum absolute atomic E-state index is 0.205. The first-order valence-corrected chi connectivity index (χ1v) is 9.31. The Morgan fingerprint density at radius 1 is 1.21 bits per heavy atom. The maximum atomic E-state index is 6.30. The average molecular weight is 278 g/mol. The Labute approximate surface area is 119 Å². The fourth-order valence-corrected chi connectivity index (χ4v) is 3.81. The van der Waals surface area contributed by atoms with Crippen LogP contribution in [-0.4, -0.2) is 21.9 Å². The Morgan fingerprint density at radius 2 is 1.89 bits per heavy atom. The van der Waals surface area contributed by atoms with Crippen LogP contribution in [0.4, 0.5) is 0 Å². The molecule has 0 spiro atoms. The molecule has 0 saturated heterocycles. The van der Waals surface area contributed by atoms with Gasteiger partial charge in [0.05, 0.1) is 12.3 Å². The van der Waals surface area contributed by atoms with Gasteiger partial charge in [0.1, 0.15) is 0 Å². The Kier molecular flexibility index (Phi) is 7.71. The van der Waals surface area contributed by atoms with Crippen LogP contribution in [0.2, 0.25) is 6.04 Å². The lowest BCUT2D eigenvalue weighted by molar-refractivity contribution is 0.145. The number of ether oxygens (including phenoxy) is 1. The third-order valence-electron chi connectivity index (χ3n) is 3.23. The van der Waals surface area contributed by atoms with Crippen molar-refractivity contribution in [2.24, 2.45) is 0 Å². The average Bonchev–Trinajstić information content (AvgIpc) is 2.48. The van der Waals surface area contributed by atoms with Crippen LogP contribution in [0.25, 0.3) is 6.08 Å². The molecule has 0 aliphatic heterocycles.